The zero-order valence-corrected chi connectivity index (χ0v) is 13.6. The maximum Gasteiger partial charge on any atom is 0.303 e. The van der Waals surface area contributed by atoms with Gasteiger partial charge in [-0.05, 0) is 43.5 Å². The minimum absolute atomic E-state index is 0.148. The van der Waals surface area contributed by atoms with E-state index in [4.69, 9.17) is 9.47 Å². The van der Waals surface area contributed by atoms with Crippen LogP contribution < -0.4 is 10.1 Å². The zero-order chi connectivity index (χ0) is 16.2. The van der Waals surface area contributed by atoms with Crippen molar-refractivity contribution in [2.24, 2.45) is 0 Å². The Morgan fingerprint density at radius 2 is 2.00 bits per heavy atom. The van der Waals surface area contributed by atoms with Gasteiger partial charge in [0.05, 0.1) is 7.11 Å². The lowest BCUT2D eigenvalue weighted by atomic mass is 10.1. The standard InChI is InChI=1S/C18H27NO3/c1-4-17(22-15(2)20)8-6-5-7-13-19-14-16-9-11-18(21-3)12-10-16/h4,9-12,17,19H,1,5-8,13-14H2,2-3H3. The maximum absolute atomic E-state index is 10.9. The van der Waals surface area contributed by atoms with Crippen molar-refractivity contribution < 1.29 is 14.3 Å². The first-order valence-corrected chi connectivity index (χ1v) is 7.79. The summed E-state index contributed by atoms with van der Waals surface area (Å²) in [6.07, 6.45) is 5.66. The van der Waals surface area contributed by atoms with E-state index in [1.807, 2.05) is 12.1 Å². The van der Waals surface area contributed by atoms with Crippen molar-refractivity contribution in [2.45, 2.75) is 45.3 Å². The second kappa shape index (κ2) is 10.9. The minimum Gasteiger partial charge on any atom is -0.497 e. The molecule has 0 saturated heterocycles. The van der Waals surface area contributed by atoms with Gasteiger partial charge in [-0.2, -0.15) is 0 Å². The third kappa shape index (κ3) is 7.84. The summed E-state index contributed by atoms with van der Waals surface area (Å²) in [6.45, 7) is 6.97. The minimum atomic E-state index is -0.244. The van der Waals surface area contributed by atoms with Crippen molar-refractivity contribution in [2.75, 3.05) is 13.7 Å². The number of rotatable bonds is 11. The zero-order valence-electron chi connectivity index (χ0n) is 13.6. The van der Waals surface area contributed by atoms with Gasteiger partial charge in [0, 0.05) is 13.5 Å². The van der Waals surface area contributed by atoms with Crippen LogP contribution in [0.25, 0.3) is 0 Å². The molecule has 0 aromatic heterocycles. The lowest BCUT2D eigenvalue weighted by Crippen LogP contribution is -2.15. The van der Waals surface area contributed by atoms with Crippen molar-refractivity contribution in [3.8, 4) is 5.75 Å². The molecule has 0 radical (unpaired) electrons. The summed E-state index contributed by atoms with van der Waals surface area (Å²) in [5, 5.41) is 3.43. The summed E-state index contributed by atoms with van der Waals surface area (Å²) >= 11 is 0. The van der Waals surface area contributed by atoms with E-state index in [1.165, 1.54) is 12.5 Å². The molecule has 1 aromatic carbocycles. The van der Waals surface area contributed by atoms with Gasteiger partial charge in [0.15, 0.2) is 0 Å². The summed E-state index contributed by atoms with van der Waals surface area (Å²) in [5.74, 6) is 0.638. The van der Waals surface area contributed by atoms with Crippen molar-refractivity contribution in [3.63, 3.8) is 0 Å². The lowest BCUT2D eigenvalue weighted by molar-refractivity contribution is -0.144. The third-order valence-electron chi connectivity index (χ3n) is 3.41. The first-order valence-electron chi connectivity index (χ1n) is 7.79. The Hall–Kier alpha value is -1.81. The number of unbranched alkanes of at least 4 members (excludes halogenated alkanes) is 2. The molecule has 0 aliphatic heterocycles. The molecule has 0 aliphatic carbocycles. The van der Waals surface area contributed by atoms with Gasteiger partial charge in [0.2, 0.25) is 0 Å². The average molecular weight is 305 g/mol. The highest BCUT2D eigenvalue weighted by atomic mass is 16.5. The van der Waals surface area contributed by atoms with Gasteiger partial charge >= 0.3 is 5.97 Å². The maximum atomic E-state index is 10.9. The second-order valence-corrected chi connectivity index (χ2v) is 5.26. The summed E-state index contributed by atoms with van der Waals surface area (Å²) in [7, 11) is 1.67. The topological polar surface area (TPSA) is 47.6 Å². The average Bonchev–Trinajstić information content (AvgIpc) is 2.53. The van der Waals surface area contributed by atoms with E-state index in [9.17, 15) is 4.79 Å². The molecule has 122 valence electrons. The molecule has 0 saturated carbocycles. The van der Waals surface area contributed by atoms with E-state index in [0.29, 0.717) is 0 Å². The second-order valence-electron chi connectivity index (χ2n) is 5.26. The molecule has 1 aromatic rings. The van der Waals surface area contributed by atoms with E-state index in [1.54, 1.807) is 13.2 Å². The smallest absolute Gasteiger partial charge is 0.303 e. The molecule has 1 N–H and O–H groups in total. The number of methoxy groups -OCH3 is 1. The molecular weight excluding hydrogens is 278 g/mol. The predicted octanol–water partition coefficient (Wildman–Crippen LogP) is 3.46. The van der Waals surface area contributed by atoms with Crippen molar-refractivity contribution in [1.29, 1.82) is 0 Å². The van der Waals surface area contributed by atoms with Crippen LogP contribution in [0.5, 0.6) is 5.75 Å². The van der Waals surface area contributed by atoms with E-state index >= 15 is 0 Å². The molecule has 0 heterocycles. The monoisotopic (exact) mass is 305 g/mol. The quantitative estimate of drug-likeness (QED) is 0.386. The van der Waals surface area contributed by atoms with Gasteiger partial charge in [-0.3, -0.25) is 4.79 Å². The molecular formula is C18H27NO3. The number of hydrogen-bond acceptors (Lipinski definition) is 4. The van der Waals surface area contributed by atoms with Crippen LogP contribution in [0.1, 0.15) is 38.2 Å². The Morgan fingerprint density at radius 1 is 1.27 bits per heavy atom. The molecule has 0 aliphatic rings. The Balaban J connectivity index is 2.05. The first kappa shape index (κ1) is 18.2. The molecule has 0 bridgehead atoms. The molecule has 22 heavy (non-hydrogen) atoms. The van der Waals surface area contributed by atoms with Gasteiger partial charge in [-0.1, -0.05) is 31.2 Å². The molecule has 1 atom stereocenters. The van der Waals surface area contributed by atoms with Gasteiger partial charge in [-0.15, -0.1) is 0 Å². The largest absolute Gasteiger partial charge is 0.497 e. The fourth-order valence-electron chi connectivity index (χ4n) is 2.19. The van der Waals surface area contributed by atoms with E-state index < -0.39 is 0 Å². The first-order chi connectivity index (χ1) is 10.7. The Morgan fingerprint density at radius 3 is 2.59 bits per heavy atom. The van der Waals surface area contributed by atoms with Crippen LogP contribution in [0.2, 0.25) is 0 Å². The SMILES string of the molecule is C=CC(CCCCCNCc1ccc(OC)cc1)OC(C)=O. The van der Waals surface area contributed by atoms with Crippen LogP contribution in [0, 0.1) is 0 Å². The van der Waals surface area contributed by atoms with Crippen molar-refractivity contribution in [1.82, 2.24) is 5.32 Å². The van der Waals surface area contributed by atoms with Crippen LogP contribution in [-0.2, 0) is 16.1 Å². The van der Waals surface area contributed by atoms with Crippen LogP contribution in [-0.4, -0.2) is 25.7 Å². The van der Waals surface area contributed by atoms with Crippen molar-refractivity contribution in [3.05, 3.63) is 42.5 Å². The molecule has 4 nitrogen and oxygen atoms in total. The molecule has 1 unspecified atom stereocenters. The van der Waals surface area contributed by atoms with E-state index in [2.05, 4.69) is 24.0 Å². The molecule has 0 fully saturated rings. The van der Waals surface area contributed by atoms with Gasteiger partial charge in [-0.25, -0.2) is 0 Å². The van der Waals surface area contributed by atoms with Crippen LogP contribution >= 0.6 is 0 Å². The highest BCUT2D eigenvalue weighted by Gasteiger charge is 2.06. The van der Waals surface area contributed by atoms with Crippen molar-refractivity contribution >= 4 is 5.97 Å². The molecule has 0 spiro atoms. The number of hydrogen-bond donors (Lipinski definition) is 1. The van der Waals surface area contributed by atoms with Gasteiger partial charge in [0.25, 0.3) is 0 Å². The number of benzene rings is 1. The lowest BCUT2D eigenvalue weighted by Gasteiger charge is -2.12. The Bertz CT molecular complexity index is 442. The third-order valence-corrected chi connectivity index (χ3v) is 3.41. The Kier molecular flexibility index (Phi) is 9.00. The number of esters is 1. The van der Waals surface area contributed by atoms with Gasteiger partial charge in [0.1, 0.15) is 11.9 Å². The summed E-state index contributed by atoms with van der Waals surface area (Å²) < 4.78 is 10.3. The highest BCUT2D eigenvalue weighted by Crippen LogP contribution is 2.11. The fourth-order valence-corrected chi connectivity index (χ4v) is 2.19. The molecule has 1 rings (SSSR count). The fraction of sp³-hybridized carbons (Fsp3) is 0.500. The predicted molar refractivity (Wildman–Crippen MR) is 88.9 cm³/mol. The van der Waals surface area contributed by atoms with E-state index in [-0.39, 0.29) is 12.1 Å². The Labute approximate surface area is 133 Å². The summed E-state index contributed by atoms with van der Waals surface area (Å²) in [5.41, 5.74) is 1.25. The summed E-state index contributed by atoms with van der Waals surface area (Å²) in [4.78, 5) is 10.9. The normalized spacial score (nSPS) is 11.7. The number of nitrogens with one attached hydrogen (secondary N) is 1. The highest BCUT2D eigenvalue weighted by molar-refractivity contribution is 5.66. The van der Waals surface area contributed by atoms with E-state index in [0.717, 1.165) is 44.5 Å². The van der Waals surface area contributed by atoms with Crippen LogP contribution in [0.3, 0.4) is 0 Å². The molecule has 4 heteroatoms. The molecule has 0 amide bonds. The van der Waals surface area contributed by atoms with Crippen LogP contribution in [0.4, 0.5) is 0 Å². The van der Waals surface area contributed by atoms with Crippen LogP contribution in [0.15, 0.2) is 36.9 Å². The number of carbonyl (C=O) groups excluding carboxylic acids is 1. The number of ether oxygens (including phenoxy) is 2. The number of carbonyl (C=O) groups is 1. The summed E-state index contributed by atoms with van der Waals surface area (Å²) in [6, 6.07) is 8.09. The van der Waals surface area contributed by atoms with Gasteiger partial charge < -0.3 is 14.8 Å².